The zero-order chi connectivity index (χ0) is 27.8. The zero-order valence-electron chi connectivity index (χ0n) is 22.5. The van der Waals surface area contributed by atoms with Gasteiger partial charge in [0.25, 0.3) is 6.71 Å². The van der Waals surface area contributed by atoms with Crippen LogP contribution in [-0.2, 0) is 0 Å². The van der Waals surface area contributed by atoms with Gasteiger partial charge in [-0.15, -0.1) is 0 Å². The van der Waals surface area contributed by atoms with Crippen molar-refractivity contribution in [1.82, 2.24) is 0 Å². The number of benzene rings is 6. The summed E-state index contributed by atoms with van der Waals surface area (Å²) in [7, 11) is 0. The van der Waals surface area contributed by atoms with Gasteiger partial charge in [0.2, 0.25) is 0 Å². The lowest BCUT2D eigenvalue weighted by Crippen LogP contribution is -2.61. The van der Waals surface area contributed by atoms with Gasteiger partial charge >= 0.3 is 0 Å². The molecule has 3 aliphatic heterocycles. The minimum absolute atomic E-state index is 0.0199. The molecule has 0 spiro atoms. The Hall–Kier alpha value is -5.73. The lowest BCUT2D eigenvalue weighted by molar-refractivity contribution is 0.477. The summed E-state index contributed by atoms with van der Waals surface area (Å²) in [6.07, 6.45) is 0. The van der Waals surface area contributed by atoms with Gasteiger partial charge < -0.3 is 14.5 Å². The van der Waals surface area contributed by atoms with E-state index in [-0.39, 0.29) is 6.71 Å². The fraction of sp³-hybridized carbons (Fsp3) is 0. The largest absolute Gasteiger partial charge is 0.453 e. The van der Waals surface area contributed by atoms with E-state index in [1.54, 1.807) is 0 Å². The van der Waals surface area contributed by atoms with Crippen LogP contribution < -0.4 is 30.9 Å². The first-order chi connectivity index (χ1) is 20.8. The van der Waals surface area contributed by atoms with Crippen LogP contribution in [0.1, 0.15) is 5.56 Å². The minimum atomic E-state index is 0.0199. The molecule has 6 aromatic carbocycles. The predicted molar refractivity (Wildman–Crippen MR) is 171 cm³/mol. The van der Waals surface area contributed by atoms with Gasteiger partial charge in [0.1, 0.15) is 0 Å². The van der Waals surface area contributed by atoms with E-state index in [1.165, 1.54) is 16.4 Å². The van der Waals surface area contributed by atoms with Crippen LogP contribution >= 0.6 is 0 Å². The average molecular weight is 535 g/mol. The second-order valence-corrected chi connectivity index (χ2v) is 10.8. The first-order valence-electron chi connectivity index (χ1n) is 14.1. The number of anilines is 6. The number of rotatable bonds is 2. The van der Waals surface area contributed by atoms with E-state index < -0.39 is 0 Å². The SMILES string of the molecule is N#Cc1ccccc1-c1cc2c3c(c1)N1c4ccccc4Oc4cccc(c41)B3c1ccccc1N2c1ccccc1. The molecule has 3 aliphatic rings. The van der Waals surface area contributed by atoms with Gasteiger partial charge in [-0.25, -0.2) is 0 Å². The minimum Gasteiger partial charge on any atom is -0.453 e. The van der Waals surface area contributed by atoms with Crippen LogP contribution in [0, 0.1) is 11.3 Å². The molecule has 0 fully saturated rings. The Morgan fingerprint density at radius 3 is 2.10 bits per heavy atom. The van der Waals surface area contributed by atoms with Gasteiger partial charge in [-0.3, -0.25) is 0 Å². The van der Waals surface area contributed by atoms with Crippen molar-refractivity contribution in [2.75, 3.05) is 9.80 Å². The number of fused-ring (bicyclic) bond motifs is 6. The number of hydrogen-bond acceptors (Lipinski definition) is 4. The summed E-state index contributed by atoms with van der Waals surface area (Å²) >= 11 is 0. The quantitative estimate of drug-likeness (QED) is 0.216. The summed E-state index contributed by atoms with van der Waals surface area (Å²) in [5.74, 6) is 1.68. The van der Waals surface area contributed by atoms with Crippen molar-refractivity contribution in [3.05, 3.63) is 139 Å². The number of nitrogens with zero attached hydrogens (tertiary/aromatic N) is 3. The number of nitriles is 1. The number of para-hydroxylation sites is 5. The maximum Gasteiger partial charge on any atom is 0.252 e. The molecule has 42 heavy (non-hydrogen) atoms. The van der Waals surface area contributed by atoms with E-state index in [0.717, 1.165) is 56.8 Å². The third-order valence-electron chi connectivity index (χ3n) is 8.66. The molecule has 0 atom stereocenters. The van der Waals surface area contributed by atoms with Gasteiger partial charge in [0.05, 0.1) is 23.0 Å². The van der Waals surface area contributed by atoms with Crippen LogP contribution in [0.2, 0.25) is 0 Å². The van der Waals surface area contributed by atoms with Crippen molar-refractivity contribution in [2.45, 2.75) is 0 Å². The molecule has 0 saturated heterocycles. The molecule has 0 unspecified atom stereocenters. The van der Waals surface area contributed by atoms with Crippen molar-refractivity contribution in [3.8, 4) is 28.7 Å². The van der Waals surface area contributed by atoms with Crippen molar-refractivity contribution in [2.24, 2.45) is 0 Å². The molecular weight excluding hydrogens is 513 g/mol. The molecule has 0 N–H and O–H groups in total. The Morgan fingerprint density at radius 2 is 1.24 bits per heavy atom. The highest BCUT2D eigenvalue weighted by Crippen LogP contribution is 2.53. The Labute approximate surface area is 244 Å². The molecule has 194 valence electrons. The van der Waals surface area contributed by atoms with Crippen LogP contribution in [0.15, 0.2) is 133 Å². The summed E-state index contributed by atoms with van der Waals surface area (Å²) in [4.78, 5) is 4.75. The monoisotopic (exact) mass is 535 g/mol. The Bertz CT molecular complexity index is 2120. The molecule has 6 aromatic rings. The van der Waals surface area contributed by atoms with Gasteiger partial charge in [-0.2, -0.15) is 5.26 Å². The summed E-state index contributed by atoms with van der Waals surface area (Å²) in [5, 5.41) is 10.1. The molecule has 0 radical (unpaired) electrons. The maximum atomic E-state index is 10.1. The van der Waals surface area contributed by atoms with Crippen LogP contribution in [0.5, 0.6) is 11.5 Å². The van der Waals surface area contributed by atoms with Crippen LogP contribution in [0.4, 0.5) is 34.1 Å². The van der Waals surface area contributed by atoms with Gasteiger partial charge in [0.15, 0.2) is 11.5 Å². The van der Waals surface area contributed by atoms with E-state index >= 15 is 0 Å². The Kier molecular flexibility index (Phi) is 4.73. The fourth-order valence-electron chi connectivity index (χ4n) is 6.99. The highest BCUT2D eigenvalue weighted by Gasteiger charge is 2.45. The van der Waals surface area contributed by atoms with Crippen LogP contribution in [0.25, 0.3) is 11.1 Å². The number of hydrogen-bond donors (Lipinski definition) is 0. The highest BCUT2D eigenvalue weighted by molar-refractivity contribution is 7.00. The lowest BCUT2D eigenvalue weighted by atomic mass is 9.33. The summed E-state index contributed by atoms with van der Waals surface area (Å²) < 4.78 is 6.52. The van der Waals surface area contributed by atoms with Crippen molar-refractivity contribution >= 4 is 57.2 Å². The second-order valence-electron chi connectivity index (χ2n) is 10.8. The molecule has 5 heteroatoms. The molecule has 0 aromatic heterocycles. The highest BCUT2D eigenvalue weighted by atomic mass is 16.5. The Morgan fingerprint density at radius 1 is 0.571 bits per heavy atom. The van der Waals surface area contributed by atoms with E-state index in [4.69, 9.17) is 4.74 Å². The average Bonchev–Trinajstić information content (AvgIpc) is 3.06. The number of ether oxygens (including phenoxy) is 1. The molecule has 0 saturated carbocycles. The topological polar surface area (TPSA) is 39.5 Å². The third-order valence-corrected chi connectivity index (χ3v) is 8.66. The van der Waals surface area contributed by atoms with Gasteiger partial charge in [0, 0.05) is 22.7 Å². The van der Waals surface area contributed by atoms with Gasteiger partial charge in [-0.1, -0.05) is 78.9 Å². The van der Waals surface area contributed by atoms with Gasteiger partial charge in [-0.05, 0) is 82.1 Å². The molecule has 0 bridgehead atoms. The van der Waals surface area contributed by atoms with Crippen LogP contribution in [0.3, 0.4) is 0 Å². The first-order valence-corrected chi connectivity index (χ1v) is 14.1. The van der Waals surface area contributed by atoms with E-state index in [1.807, 2.05) is 36.4 Å². The molecule has 0 aliphatic carbocycles. The third kappa shape index (κ3) is 3.06. The first kappa shape index (κ1) is 23.0. The summed E-state index contributed by atoms with van der Waals surface area (Å²) in [6, 6.07) is 48.8. The van der Waals surface area contributed by atoms with Crippen molar-refractivity contribution in [3.63, 3.8) is 0 Å². The summed E-state index contributed by atoms with van der Waals surface area (Å²) in [6.45, 7) is 0.0199. The normalized spacial score (nSPS) is 13.3. The molecule has 4 nitrogen and oxygen atoms in total. The van der Waals surface area contributed by atoms with E-state index in [2.05, 4.69) is 113 Å². The standard InChI is InChI=1S/C37H22BN3O/c39-23-24-11-4-5-14-27(24)25-21-32-36-33(22-25)41-31-18-8-9-19-34(31)42-35-20-10-16-29(37(35)41)38(36)28-15-6-7-17-30(28)40(32)26-12-2-1-3-13-26/h1-22H. The lowest BCUT2D eigenvalue weighted by Gasteiger charge is -2.46. The molecule has 0 amide bonds. The summed E-state index contributed by atoms with van der Waals surface area (Å²) in [5.41, 5.74) is 12.9. The van der Waals surface area contributed by atoms with Crippen molar-refractivity contribution < 1.29 is 4.74 Å². The zero-order valence-corrected chi connectivity index (χ0v) is 22.5. The second kappa shape index (κ2) is 8.64. The van der Waals surface area contributed by atoms with Crippen molar-refractivity contribution in [1.29, 1.82) is 5.26 Å². The molecule has 3 heterocycles. The molecular formula is C37H22BN3O. The predicted octanol–water partition coefficient (Wildman–Crippen LogP) is 7.41. The fourth-order valence-corrected chi connectivity index (χ4v) is 6.99. The van der Waals surface area contributed by atoms with E-state index in [0.29, 0.717) is 5.56 Å². The Balaban J connectivity index is 1.45. The van der Waals surface area contributed by atoms with Crippen LogP contribution in [-0.4, -0.2) is 6.71 Å². The smallest absolute Gasteiger partial charge is 0.252 e. The molecule has 9 rings (SSSR count). The van der Waals surface area contributed by atoms with E-state index in [9.17, 15) is 5.26 Å². The maximum absolute atomic E-state index is 10.1.